The molecule has 15 heavy (non-hydrogen) atoms. The molecule has 0 aliphatic rings. The molecular weight excluding hydrogens is 255 g/mol. The first-order valence-corrected chi connectivity index (χ1v) is 6.02. The van der Waals surface area contributed by atoms with Gasteiger partial charge in [0.2, 0.25) is 0 Å². The second-order valence-electron chi connectivity index (χ2n) is 2.73. The lowest BCUT2D eigenvalue weighted by atomic mass is 10.3. The van der Waals surface area contributed by atoms with E-state index in [0.717, 1.165) is 0 Å². The molecule has 1 rings (SSSR count). The van der Waals surface area contributed by atoms with Crippen LogP contribution in [0.25, 0.3) is 0 Å². The molecule has 1 aromatic carbocycles. The van der Waals surface area contributed by atoms with E-state index in [9.17, 15) is 4.79 Å². The van der Waals surface area contributed by atoms with Gasteiger partial charge in [0.05, 0.1) is 10.7 Å². The Labute approximate surface area is 103 Å². The molecule has 0 saturated carbocycles. The number of carbonyl (C=O) groups is 1. The molecule has 1 N–H and O–H groups in total. The minimum atomic E-state index is -0.244. The van der Waals surface area contributed by atoms with E-state index in [4.69, 9.17) is 23.2 Å². The highest BCUT2D eigenvalue weighted by molar-refractivity contribution is 7.96. The normalized spacial score (nSPS) is 9.87. The third kappa shape index (κ3) is 3.48. The topological polar surface area (TPSA) is 32.3 Å². The van der Waals surface area contributed by atoms with Crippen molar-refractivity contribution in [3.05, 3.63) is 28.2 Å². The first-order valence-electron chi connectivity index (χ1n) is 4.08. The fraction of sp³-hybridized carbons (Fsp3) is 0.222. The maximum atomic E-state index is 11.5. The molecule has 0 heterocycles. The smallest absolute Gasteiger partial charge is 0.306 e. The van der Waals surface area contributed by atoms with Crippen LogP contribution in [0, 0.1) is 0 Å². The number of rotatable bonds is 2. The first-order chi connectivity index (χ1) is 7.04. The van der Waals surface area contributed by atoms with Crippen molar-refractivity contribution in [1.29, 1.82) is 0 Å². The Bertz CT molecular complexity index is 373. The summed E-state index contributed by atoms with van der Waals surface area (Å²) in [6, 6.07) is 4.67. The minimum Gasteiger partial charge on any atom is -0.306 e. The molecule has 2 amide bonds. The number of anilines is 1. The Hall–Kier alpha value is -0.580. The van der Waals surface area contributed by atoms with E-state index >= 15 is 0 Å². The van der Waals surface area contributed by atoms with Crippen molar-refractivity contribution >= 4 is 46.9 Å². The fourth-order valence-electron chi connectivity index (χ4n) is 0.870. The molecule has 0 atom stereocenters. The van der Waals surface area contributed by atoms with Crippen LogP contribution in [0.2, 0.25) is 10.0 Å². The van der Waals surface area contributed by atoms with E-state index in [1.807, 2.05) is 0 Å². The summed E-state index contributed by atoms with van der Waals surface area (Å²) in [7, 11) is 1.67. The van der Waals surface area contributed by atoms with Gasteiger partial charge in [-0.15, -0.1) is 0 Å². The Kier molecular flexibility index (Phi) is 4.57. The molecule has 0 unspecified atom stereocenters. The highest BCUT2D eigenvalue weighted by Gasteiger charge is 2.09. The zero-order chi connectivity index (χ0) is 11.4. The monoisotopic (exact) mass is 264 g/mol. The SMILES string of the molecule is CSN(C)C(=O)Nc1cc(Cl)ccc1Cl. The van der Waals surface area contributed by atoms with Crippen LogP contribution >= 0.6 is 35.1 Å². The summed E-state index contributed by atoms with van der Waals surface area (Å²) in [5, 5.41) is 3.64. The first kappa shape index (κ1) is 12.5. The quantitative estimate of drug-likeness (QED) is 0.826. The van der Waals surface area contributed by atoms with Crippen LogP contribution in [0.5, 0.6) is 0 Å². The van der Waals surface area contributed by atoms with Crippen molar-refractivity contribution in [1.82, 2.24) is 4.31 Å². The molecule has 3 nitrogen and oxygen atoms in total. The molecule has 0 aliphatic heterocycles. The Morgan fingerprint density at radius 3 is 2.73 bits per heavy atom. The number of nitrogens with one attached hydrogen (secondary N) is 1. The van der Waals surface area contributed by atoms with E-state index in [-0.39, 0.29) is 6.03 Å². The standard InChI is InChI=1S/C9H10Cl2N2OS/c1-13(15-2)9(14)12-8-5-6(10)3-4-7(8)11/h3-5H,1-2H3,(H,12,14). The van der Waals surface area contributed by atoms with Gasteiger partial charge in [-0.05, 0) is 30.1 Å². The summed E-state index contributed by atoms with van der Waals surface area (Å²) in [6.45, 7) is 0. The van der Waals surface area contributed by atoms with Gasteiger partial charge in [0.1, 0.15) is 0 Å². The second kappa shape index (κ2) is 5.49. The largest absolute Gasteiger partial charge is 0.331 e. The Balaban J connectivity index is 2.80. The summed E-state index contributed by atoms with van der Waals surface area (Å²) in [5.74, 6) is 0. The van der Waals surface area contributed by atoms with E-state index in [1.165, 1.54) is 16.3 Å². The number of benzene rings is 1. The highest BCUT2D eigenvalue weighted by Crippen LogP contribution is 2.25. The van der Waals surface area contributed by atoms with Crippen LogP contribution in [-0.2, 0) is 0 Å². The van der Waals surface area contributed by atoms with Gasteiger partial charge in [0.25, 0.3) is 0 Å². The predicted molar refractivity (Wildman–Crippen MR) is 66.8 cm³/mol. The van der Waals surface area contributed by atoms with Crippen molar-refractivity contribution in [2.24, 2.45) is 0 Å². The van der Waals surface area contributed by atoms with Gasteiger partial charge < -0.3 is 5.32 Å². The van der Waals surface area contributed by atoms with Crippen LogP contribution in [0.15, 0.2) is 18.2 Å². The van der Waals surface area contributed by atoms with E-state index in [2.05, 4.69) is 5.32 Å². The van der Waals surface area contributed by atoms with Gasteiger partial charge >= 0.3 is 6.03 Å². The molecule has 82 valence electrons. The van der Waals surface area contributed by atoms with Gasteiger partial charge in [0, 0.05) is 18.3 Å². The average Bonchev–Trinajstić information content (AvgIpc) is 2.22. The summed E-state index contributed by atoms with van der Waals surface area (Å²) in [6.07, 6.45) is 1.80. The summed E-state index contributed by atoms with van der Waals surface area (Å²) in [5.41, 5.74) is 0.509. The van der Waals surface area contributed by atoms with E-state index < -0.39 is 0 Å². The zero-order valence-corrected chi connectivity index (χ0v) is 10.6. The number of hydrogen-bond donors (Lipinski definition) is 1. The van der Waals surface area contributed by atoms with Crippen molar-refractivity contribution in [3.8, 4) is 0 Å². The highest BCUT2D eigenvalue weighted by atomic mass is 35.5. The molecule has 0 spiro atoms. The molecule has 0 fully saturated rings. The molecular formula is C9H10Cl2N2OS. The van der Waals surface area contributed by atoms with Crippen molar-refractivity contribution < 1.29 is 4.79 Å². The lowest BCUT2D eigenvalue weighted by molar-refractivity contribution is 0.243. The molecule has 0 saturated heterocycles. The lowest BCUT2D eigenvalue weighted by Crippen LogP contribution is -2.25. The van der Waals surface area contributed by atoms with Crippen LogP contribution < -0.4 is 5.32 Å². The summed E-state index contributed by atoms with van der Waals surface area (Å²) in [4.78, 5) is 11.5. The minimum absolute atomic E-state index is 0.244. The van der Waals surface area contributed by atoms with Crippen LogP contribution in [0.1, 0.15) is 0 Å². The van der Waals surface area contributed by atoms with Gasteiger partial charge in [0.15, 0.2) is 0 Å². The molecule has 6 heteroatoms. The van der Waals surface area contributed by atoms with Gasteiger partial charge in [-0.2, -0.15) is 0 Å². The fourth-order valence-corrected chi connectivity index (χ4v) is 1.42. The molecule has 0 radical (unpaired) electrons. The number of amides is 2. The van der Waals surface area contributed by atoms with Crippen LogP contribution in [-0.4, -0.2) is 23.6 Å². The summed E-state index contributed by atoms with van der Waals surface area (Å²) >= 11 is 13.0. The maximum Gasteiger partial charge on any atom is 0.331 e. The second-order valence-corrected chi connectivity index (χ2v) is 4.49. The average molecular weight is 265 g/mol. The third-order valence-corrected chi connectivity index (χ3v) is 3.01. The Morgan fingerprint density at radius 1 is 1.47 bits per heavy atom. The zero-order valence-electron chi connectivity index (χ0n) is 8.25. The van der Waals surface area contributed by atoms with Crippen LogP contribution in [0.3, 0.4) is 0 Å². The molecule has 0 aliphatic carbocycles. The van der Waals surface area contributed by atoms with Crippen molar-refractivity contribution in [2.75, 3.05) is 18.6 Å². The maximum absolute atomic E-state index is 11.5. The number of hydrogen-bond acceptors (Lipinski definition) is 2. The molecule has 0 aromatic heterocycles. The number of urea groups is 1. The van der Waals surface area contributed by atoms with Crippen molar-refractivity contribution in [3.63, 3.8) is 0 Å². The van der Waals surface area contributed by atoms with Crippen LogP contribution in [0.4, 0.5) is 10.5 Å². The Morgan fingerprint density at radius 2 is 2.13 bits per heavy atom. The molecule has 1 aromatic rings. The number of carbonyl (C=O) groups excluding carboxylic acids is 1. The van der Waals surface area contributed by atoms with Gasteiger partial charge in [-0.25, -0.2) is 4.79 Å². The van der Waals surface area contributed by atoms with E-state index in [1.54, 1.807) is 31.5 Å². The lowest BCUT2D eigenvalue weighted by Gasteiger charge is -2.15. The van der Waals surface area contributed by atoms with Gasteiger partial charge in [-0.1, -0.05) is 23.2 Å². The number of nitrogens with zero attached hydrogens (tertiary/aromatic N) is 1. The predicted octanol–water partition coefficient (Wildman–Crippen LogP) is 3.74. The van der Waals surface area contributed by atoms with E-state index in [0.29, 0.717) is 15.7 Å². The number of halogens is 2. The molecule has 0 bridgehead atoms. The van der Waals surface area contributed by atoms with Crippen molar-refractivity contribution in [2.45, 2.75) is 0 Å². The third-order valence-electron chi connectivity index (χ3n) is 1.73. The summed E-state index contributed by atoms with van der Waals surface area (Å²) < 4.78 is 1.46. The van der Waals surface area contributed by atoms with Gasteiger partial charge in [-0.3, -0.25) is 4.31 Å².